The summed E-state index contributed by atoms with van der Waals surface area (Å²) in [5.41, 5.74) is 0.532. The molecule has 5 nitrogen and oxygen atoms in total. The van der Waals surface area contributed by atoms with Gasteiger partial charge in [-0.05, 0) is 53.6 Å². The second-order valence-electron chi connectivity index (χ2n) is 3.86. The van der Waals surface area contributed by atoms with Crippen LogP contribution in [0, 0.1) is 9.39 Å². The number of amides is 2. The topological polar surface area (TPSA) is 78.4 Å². The number of aliphatic carboxylic acids is 1. The average molecular weight is 380 g/mol. The highest BCUT2D eigenvalue weighted by Gasteiger charge is 2.05. The number of rotatable bonds is 6. The van der Waals surface area contributed by atoms with Gasteiger partial charge in [0.1, 0.15) is 5.82 Å². The van der Waals surface area contributed by atoms with Gasteiger partial charge in [-0.3, -0.25) is 4.79 Å². The van der Waals surface area contributed by atoms with Gasteiger partial charge >= 0.3 is 12.0 Å². The van der Waals surface area contributed by atoms with Gasteiger partial charge in [-0.1, -0.05) is 0 Å². The second-order valence-corrected chi connectivity index (χ2v) is 5.02. The lowest BCUT2D eigenvalue weighted by Crippen LogP contribution is -2.29. The predicted octanol–water partition coefficient (Wildman–Crippen LogP) is 2.81. The molecule has 0 saturated heterocycles. The van der Waals surface area contributed by atoms with Gasteiger partial charge in [0, 0.05) is 16.5 Å². The molecule has 0 bridgehead atoms. The largest absolute Gasteiger partial charge is 0.481 e. The van der Waals surface area contributed by atoms with E-state index < -0.39 is 5.97 Å². The van der Waals surface area contributed by atoms with E-state index in [1.165, 1.54) is 18.2 Å². The zero-order chi connectivity index (χ0) is 14.3. The normalized spacial score (nSPS) is 10.0. The highest BCUT2D eigenvalue weighted by molar-refractivity contribution is 14.1. The van der Waals surface area contributed by atoms with Crippen LogP contribution in [-0.4, -0.2) is 23.7 Å². The maximum Gasteiger partial charge on any atom is 0.319 e. The SMILES string of the molecule is O=C(O)CCCCNC(=O)Nc1ccc(F)cc1I. The summed E-state index contributed by atoms with van der Waals surface area (Å²) in [6.07, 6.45) is 1.21. The third-order valence-electron chi connectivity index (χ3n) is 2.28. The minimum Gasteiger partial charge on any atom is -0.481 e. The van der Waals surface area contributed by atoms with Crippen LogP contribution in [0.5, 0.6) is 0 Å². The Morgan fingerprint density at radius 1 is 1.32 bits per heavy atom. The first-order valence-electron chi connectivity index (χ1n) is 5.70. The van der Waals surface area contributed by atoms with Crippen LogP contribution in [0.15, 0.2) is 18.2 Å². The summed E-state index contributed by atoms with van der Waals surface area (Å²) >= 11 is 1.93. The maximum atomic E-state index is 12.9. The van der Waals surface area contributed by atoms with E-state index in [0.29, 0.717) is 28.6 Å². The second kappa shape index (κ2) is 7.93. The van der Waals surface area contributed by atoms with Gasteiger partial charge in [-0.15, -0.1) is 0 Å². The molecule has 0 aliphatic carbocycles. The summed E-state index contributed by atoms with van der Waals surface area (Å²) in [5.74, 6) is -1.20. The fraction of sp³-hybridized carbons (Fsp3) is 0.333. The number of benzene rings is 1. The number of nitrogens with one attached hydrogen (secondary N) is 2. The average Bonchev–Trinajstić information content (AvgIpc) is 2.32. The first-order valence-corrected chi connectivity index (χ1v) is 6.78. The van der Waals surface area contributed by atoms with E-state index in [4.69, 9.17) is 5.11 Å². The van der Waals surface area contributed by atoms with Crippen LogP contribution in [0.4, 0.5) is 14.9 Å². The number of carbonyl (C=O) groups is 2. The van der Waals surface area contributed by atoms with Crippen LogP contribution < -0.4 is 10.6 Å². The Balaban J connectivity index is 2.29. The molecule has 1 aromatic carbocycles. The molecule has 0 fully saturated rings. The number of carbonyl (C=O) groups excluding carboxylic acids is 1. The fourth-order valence-electron chi connectivity index (χ4n) is 1.36. The summed E-state index contributed by atoms with van der Waals surface area (Å²) in [5, 5.41) is 13.6. The molecule has 0 atom stereocenters. The van der Waals surface area contributed by atoms with Crippen molar-refractivity contribution in [3.05, 3.63) is 27.6 Å². The van der Waals surface area contributed by atoms with Gasteiger partial charge in [0.2, 0.25) is 0 Å². The molecule has 0 heterocycles. The molecule has 0 aromatic heterocycles. The van der Waals surface area contributed by atoms with Crippen molar-refractivity contribution in [3.63, 3.8) is 0 Å². The van der Waals surface area contributed by atoms with Crippen molar-refractivity contribution in [1.29, 1.82) is 0 Å². The Bertz CT molecular complexity index is 468. The number of urea groups is 1. The molecule has 104 valence electrons. The first-order chi connectivity index (χ1) is 8.99. The van der Waals surface area contributed by atoms with Crippen molar-refractivity contribution in [2.24, 2.45) is 0 Å². The number of carboxylic acids is 1. The predicted molar refractivity (Wildman–Crippen MR) is 77.6 cm³/mol. The van der Waals surface area contributed by atoms with E-state index in [0.717, 1.165) is 0 Å². The van der Waals surface area contributed by atoms with Gasteiger partial charge in [-0.2, -0.15) is 0 Å². The number of unbranched alkanes of at least 4 members (excludes halogenated alkanes) is 1. The molecule has 0 aliphatic heterocycles. The zero-order valence-electron chi connectivity index (χ0n) is 10.1. The van der Waals surface area contributed by atoms with E-state index in [2.05, 4.69) is 10.6 Å². The molecular weight excluding hydrogens is 366 g/mol. The van der Waals surface area contributed by atoms with Gasteiger partial charge in [0.15, 0.2) is 0 Å². The molecule has 2 amide bonds. The third-order valence-corrected chi connectivity index (χ3v) is 3.17. The van der Waals surface area contributed by atoms with E-state index in [1.807, 2.05) is 22.6 Å². The quantitative estimate of drug-likeness (QED) is 0.525. The summed E-state index contributed by atoms with van der Waals surface area (Å²) in [4.78, 5) is 21.8. The smallest absolute Gasteiger partial charge is 0.319 e. The molecule has 0 spiro atoms. The lowest BCUT2D eigenvalue weighted by molar-refractivity contribution is -0.137. The minimum atomic E-state index is -0.842. The molecule has 1 rings (SSSR count). The van der Waals surface area contributed by atoms with Gasteiger partial charge in [0.25, 0.3) is 0 Å². The molecule has 0 aliphatic rings. The molecule has 0 saturated carbocycles. The summed E-state index contributed by atoms with van der Waals surface area (Å²) in [7, 11) is 0. The van der Waals surface area contributed by atoms with Crippen molar-refractivity contribution < 1.29 is 19.1 Å². The van der Waals surface area contributed by atoms with Crippen molar-refractivity contribution in [1.82, 2.24) is 5.32 Å². The Morgan fingerprint density at radius 2 is 2.05 bits per heavy atom. The van der Waals surface area contributed by atoms with Crippen molar-refractivity contribution in [2.75, 3.05) is 11.9 Å². The molecular formula is C12H14FIN2O3. The van der Waals surface area contributed by atoms with Crippen LogP contribution in [0.1, 0.15) is 19.3 Å². The molecule has 7 heteroatoms. The van der Waals surface area contributed by atoms with Crippen LogP contribution in [-0.2, 0) is 4.79 Å². The number of hydrogen-bond donors (Lipinski definition) is 3. The first kappa shape index (κ1) is 15.7. The summed E-state index contributed by atoms with van der Waals surface area (Å²) in [6, 6.07) is 3.69. The number of anilines is 1. The molecule has 1 aromatic rings. The highest BCUT2D eigenvalue weighted by atomic mass is 127. The van der Waals surface area contributed by atoms with Crippen LogP contribution >= 0.6 is 22.6 Å². The van der Waals surface area contributed by atoms with E-state index >= 15 is 0 Å². The van der Waals surface area contributed by atoms with Gasteiger partial charge in [0.05, 0.1) is 5.69 Å². The maximum absolute atomic E-state index is 12.9. The number of halogens is 2. The van der Waals surface area contributed by atoms with Gasteiger partial charge in [-0.25, -0.2) is 9.18 Å². The zero-order valence-corrected chi connectivity index (χ0v) is 12.2. The Kier molecular flexibility index (Phi) is 6.54. The van der Waals surface area contributed by atoms with Crippen molar-refractivity contribution >= 4 is 40.3 Å². The Labute approximate surface area is 123 Å². The van der Waals surface area contributed by atoms with Gasteiger partial charge < -0.3 is 15.7 Å². The lowest BCUT2D eigenvalue weighted by atomic mass is 10.2. The third kappa shape index (κ3) is 6.37. The van der Waals surface area contributed by atoms with Crippen molar-refractivity contribution in [2.45, 2.75) is 19.3 Å². The monoisotopic (exact) mass is 380 g/mol. The molecule has 0 unspecified atom stereocenters. The highest BCUT2D eigenvalue weighted by Crippen LogP contribution is 2.18. The Hall–Kier alpha value is -1.38. The number of carboxylic acid groups (broad SMARTS) is 1. The molecule has 0 radical (unpaired) electrons. The summed E-state index contributed by atoms with van der Waals surface area (Å²) < 4.78 is 13.5. The van der Waals surface area contributed by atoms with E-state index in [9.17, 15) is 14.0 Å². The standard InChI is InChI=1S/C12H14FIN2O3/c13-8-4-5-10(9(14)7-8)16-12(19)15-6-2-1-3-11(17)18/h4-5,7H,1-3,6H2,(H,17,18)(H2,15,16,19). The lowest BCUT2D eigenvalue weighted by Gasteiger charge is -2.08. The van der Waals surface area contributed by atoms with Crippen LogP contribution in [0.25, 0.3) is 0 Å². The van der Waals surface area contributed by atoms with Crippen molar-refractivity contribution in [3.8, 4) is 0 Å². The van der Waals surface area contributed by atoms with Crippen LogP contribution in [0.3, 0.4) is 0 Å². The summed E-state index contributed by atoms with van der Waals surface area (Å²) in [6.45, 7) is 0.400. The minimum absolute atomic E-state index is 0.0964. The van der Waals surface area contributed by atoms with E-state index in [-0.39, 0.29) is 18.3 Å². The number of hydrogen-bond acceptors (Lipinski definition) is 2. The molecule has 3 N–H and O–H groups in total. The fourth-order valence-corrected chi connectivity index (χ4v) is 1.97. The van der Waals surface area contributed by atoms with E-state index in [1.54, 1.807) is 0 Å². The van der Waals surface area contributed by atoms with Crippen LogP contribution in [0.2, 0.25) is 0 Å². The Morgan fingerprint density at radius 3 is 2.68 bits per heavy atom. The molecule has 19 heavy (non-hydrogen) atoms.